The van der Waals surface area contributed by atoms with Crippen LogP contribution in [-0.4, -0.2) is 38.3 Å². The van der Waals surface area contributed by atoms with E-state index in [4.69, 9.17) is 5.11 Å². The predicted molar refractivity (Wildman–Crippen MR) is 63.7 cm³/mol. The zero-order valence-electron chi connectivity index (χ0n) is 10.3. The summed E-state index contributed by atoms with van der Waals surface area (Å²) in [5, 5.41) is 13.3. The monoisotopic (exact) mass is 237 g/mol. The molecule has 0 saturated heterocycles. The summed E-state index contributed by atoms with van der Waals surface area (Å²) in [5.41, 5.74) is 0.951. The Balaban J connectivity index is 1.98. The maximum absolute atomic E-state index is 10.8. The van der Waals surface area contributed by atoms with Crippen molar-refractivity contribution >= 4 is 5.97 Å². The molecular formula is C12H19N3O2. The SMILES string of the molecule is CC(C)n1ccc(CN(CC(=O)O)C2CC2)n1. The van der Waals surface area contributed by atoms with E-state index in [9.17, 15) is 4.79 Å². The lowest BCUT2D eigenvalue weighted by molar-refractivity contribution is -0.138. The van der Waals surface area contributed by atoms with E-state index in [1.807, 2.05) is 21.8 Å². The lowest BCUT2D eigenvalue weighted by atomic mass is 10.3. The number of hydrogen-bond donors (Lipinski definition) is 1. The van der Waals surface area contributed by atoms with Gasteiger partial charge in [0.1, 0.15) is 0 Å². The second-order valence-electron chi connectivity index (χ2n) is 4.91. The van der Waals surface area contributed by atoms with Gasteiger partial charge in [0, 0.05) is 24.8 Å². The molecule has 94 valence electrons. The number of aliphatic carboxylic acids is 1. The van der Waals surface area contributed by atoms with E-state index in [0.717, 1.165) is 18.5 Å². The molecule has 1 saturated carbocycles. The summed E-state index contributed by atoms with van der Waals surface area (Å²) in [6.45, 7) is 4.90. The molecule has 0 atom stereocenters. The summed E-state index contributed by atoms with van der Waals surface area (Å²) < 4.78 is 1.90. The Morgan fingerprint density at radius 3 is 2.82 bits per heavy atom. The van der Waals surface area contributed by atoms with Gasteiger partial charge in [-0.15, -0.1) is 0 Å². The number of carboxylic acids is 1. The molecule has 1 aliphatic carbocycles. The number of carbonyl (C=O) groups is 1. The molecule has 1 heterocycles. The van der Waals surface area contributed by atoms with Gasteiger partial charge in [-0.2, -0.15) is 5.10 Å². The van der Waals surface area contributed by atoms with Crippen LogP contribution in [0.2, 0.25) is 0 Å². The van der Waals surface area contributed by atoms with E-state index in [2.05, 4.69) is 18.9 Å². The van der Waals surface area contributed by atoms with Gasteiger partial charge in [-0.05, 0) is 32.8 Å². The topological polar surface area (TPSA) is 58.4 Å². The van der Waals surface area contributed by atoms with Crippen LogP contribution in [-0.2, 0) is 11.3 Å². The number of carboxylic acid groups (broad SMARTS) is 1. The zero-order chi connectivity index (χ0) is 12.4. The van der Waals surface area contributed by atoms with Gasteiger partial charge in [-0.1, -0.05) is 0 Å². The first-order chi connectivity index (χ1) is 8.06. The van der Waals surface area contributed by atoms with Crippen molar-refractivity contribution in [2.75, 3.05) is 6.54 Å². The summed E-state index contributed by atoms with van der Waals surface area (Å²) in [7, 11) is 0. The normalized spacial score (nSPS) is 15.8. The molecule has 1 fully saturated rings. The molecule has 0 bridgehead atoms. The van der Waals surface area contributed by atoms with Crippen molar-refractivity contribution in [3.8, 4) is 0 Å². The molecule has 5 nitrogen and oxygen atoms in total. The number of aromatic nitrogens is 2. The molecular weight excluding hydrogens is 218 g/mol. The van der Waals surface area contributed by atoms with Gasteiger partial charge in [-0.3, -0.25) is 14.4 Å². The van der Waals surface area contributed by atoms with Crippen molar-refractivity contribution in [3.63, 3.8) is 0 Å². The maximum Gasteiger partial charge on any atom is 0.317 e. The molecule has 0 aliphatic heterocycles. The van der Waals surface area contributed by atoms with E-state index in [1.165, 1.54) is 0 Å². The van der Waals surface area contributed by atoms with E-state index in [1.54, 1.807) is 0 Å². The maximum atomic E-state index is 10.8. The summed E-state index contributed by atoms with van der Waals surface area (Å²) in [4.78, 5) is 12.8. The molecule has 0 unspecified atom stereocenters. The average molecular weight is 237 g/mol. The fraction of sp³-hybridized carbons (Fsp3) is 0.667. The Morgan fingerprint density at radius 2 is 2.35 bits per heavy atom. The second-order valence-corrected chi connectivity index (χ2v) is 4.91. The Hall–Kier alpha value is -1.36. The Kier molecular flexibility index (Phi) is 3.47. The highest BCUT2D eigenvalue weighted by Gasteiger charge is 2.30. The van der Waals surface area contributed by atoms with E-state index in [0.29, 0.717) is 18.6 Å². The predicted octanol–water partition coefficient (Wildman–Crippen LogP) is 1.51. The molecule has 17 heavy (non-hydrogen) atoms. The first kappa shape index (κ1) is 12.1. The lowest BCUT2D eigenvalue weighted by Gasteiger charge is -2.18. The Morgan fingerprint density at radius 1 is 1.65 bits per heavy atom. The molecule has 1 aromatic rings. The fourth-order valence-corrected chi connectivity index (χ4v) is 1.88. The molecule has 1 N–H and O–H groups in total. The smallest absolute Gasteiger partial charge is 0.317 e. The standard InChI is InChI=1S/C12H19N3O2/c1-9(2)15-6-5-10(13-15)7-14(8-12(16)17)11-3-4-11/h5-6,9,11H,3-4,7-8H2,1-2H3,(H,16,17). The minimum absolute atomic E-state index is 0.110. The molecule has 2 rings (SSSR count). The second kappa shape index (κ2) is 4.87. The average Bonchev–Trinajstić information content (AvgIpc) is 2.97. The van der Waals surface area contributed by atoms with Crippen LogP contribution in [0.1, 0.15) is 38.4 Å². The van der Waals surface area contributed by atoms with Gasteiger partial charge >= 0.3 is 5.97 Å². The zero-order valence-corrected chi connectivity index (χ0v) is 10.3. The summed E-state index contributed by atoms with van der Waals surface area (Å²) in [6.07, 6.45) is 4.17. The van der Waals surface area contributed by atoms with Gasteiger partial charge in [0.2, 0.25) is 0 Å². The number of rotatable bonds is 6. The fourth-order valence-electron chi connectivity index (χ4n) is 1.88. The van der Waals surface area contributed by atoms with Crippen molar-refractivity contribution in [1.29, 1.82) is 0 Å². The summed E-state index contributed by atoms with van der Waals surface area (Å²) in [6, 6.07) is 2.75. The van der Waals surface area contributed by atoms with Crippen LogP contribution in [0, 0.1) is 0 Å². The highest BCUT2D eigenvalue weighted by molar-refractivity contribution is 5.69. The molecule has 5 heteroatoms. The molecule has 1 aromatic heterocycles. The van der Waals surface area contributed by atoms with Crippen LogP contribution in [0.25, 0.3) is 0 Å². The van der Waals surface area contributed by atoms with Gasteiger partial charge in [0.15, 0.2) is 0 Å². The first-order valence-electron chi connectivity index (χ1n) is 6.06. The molecule has 0 radical (unpaired) electrons. The molecule has 0 amide bonds. The van der Waals surface area contributed by atoms with Crippen LogP contribution in [0.15, 0.2) is 12.3 Å². The van der Waals surface area contributed by atoms with Crippen molar-refractivity contribution < 1.29 is 9.90 Å². The van der Waals surface area contributed by atoms with Crippen molar-refractivity contribution in [2.24, 2.45) is 0 Å². The largest absolute Gasteiger partial charge is 0.480 e. The van der Waals surface area contributed by atoms with Gasteiger partial charge in [0.25, 0.3) is 0 Å². The third-order valence-electron chi connectivity index (χ3n) is 2.96. The third-order valence-corrected chi connectivity index (χ3v) is 2.96. The third kappa shape index (κ3) is 3.30. The van der Waals surface area contributed by atoms with Gasteiger partial charge in [-0.25, -0.2) is 0 Å². The highest BCUT2D eigenvalue weighted by Crippen LogP contribution is 2.27. The van der Waals surface area contributed by atoms with E-state index in [-0.39, 0.29) is 6.54 Å². The quantitative estimate of drug-likeness (QED) is 0.814. The van der Waals surface area contributed by atoms with Crippen LogP contribution in [0.3, 0.4) is 0 Å². The minimum Gasteiger partial charge on any atom is -0.480 e. The lowest BCUT2D eigenvalue weighted by Crippen LogP contribution is -2.31. The van der Waals surface area contributed by atoms with Crippen LogP contribution >= 0.6 is 0 Å². The summed E-state index contributed by atoms with van der Waals surface area (Å²) in [5.74, 6) is -0.764. The number of hydrogen-bond acceptors (Lipinski definition) is 3. The highest BCUT2D eigenvalue weighted by atomic mass is 16.4. The van der Waals surface area contributed by atoms with Crippen molar-refractivity contribution in [1.82, 2.24) is 14.7 Å². The molecule has 1 aliphatic rings. The Labute approximate surface area is 101 Å². The van der Waals surface area contributed by atoms with Crippen LogP contribution in [0.4, 0.5) is 0 Å². The minimum atomic E-state index is -0.764. The van der Waals surface area contributed by atoms with E-state index >= 15 is 0 Å². The molecule has 0 spiro atoms. The van der Waals surface area contributed by atoms with Crippen LogP contribution < -0.4 is 0 Å². The first-order valence-corrected chi connectivity index (χ1v) is 6.06. The van der Waals surface area contributed by atoms with Crippen LogP contribution in [0.5, 0.6) is 0 Å². The van der Waals surface area contributed by atoms with Gasteiger partial charge in [0.05, 0.1) is 12.2 Å². The number of nitrogens with zero attached hydrogens (tertiary/aromatic N) is 3. The van der Waals surface area contributed by atoms with Crippen molar-refractivity contribution in [2.45, 2.75) is 45.3 Å². The van der Waals surface area contributed by atoms with E-state index < -0.39 is 5.97 Å². The van der Waals surface area contributed by atoms with Gasteiger partial charge < -0.3 is 5.11 Å². The summed E-state index contributed by atoms with van der Waals surface area (Å²) >= 11 is 0. The van der Waals surface area contributed by atoms with Crippen molar-refractivity contribution in [3.05, 3.63) is 18.0 Å². The molecule has 0 aromatic carbocycles. The Bertz CT molecular complexity index is 396.